The zero-order valence-corrected chi connectivity index (χ0v) is 9.78. The van der Waals surface area contributed by atoms with E-state index >= 15 is 0 Å². The van der Waals surface area contributed by atoms with Crippen LogP contribution in [0.5, 0.6) is 0 Å². The van der Waals surface area contributed by atoms with Gasteiger partial charge in [-0.15, -0.1) is 0 Å². The molecule has 0 aliphatic rings. The van der Waals surface area contributed by atoms with Gasteiger partial charge in [0.15, 0.2) is 0 Å². The SMILES string of the molecule is O=C(/C=C/C(F)(F)Br)OCc1ccccc1. The van der Waals surface area contributed by atoms with E-state index in [-0.39, 0.29) is 6.61 Å². The summed E-state index contributed by atoms with van der Waals surface area (Å²) in [6.07, 6.45) is 1.12. The Hall–Kier alpha value is -1.23. The van der Waals surface area contributed by atoms with Crippen LogP contribution in [0.3, 0.4) is 0 Å². The molecule has 5 heteroatoms. The van der Waals surface area contributed by atoms with E-state index in [9.17, 15) is 13.6 Å². The fourth-order valence-electron chi connectivity index (χ4n) is 0.939. The molecule has 86 valence electrons. The summed E-state index contributed by atoms with van der Waals surface area (Å²) in [5, 5.41) is 0. The molecule has 0 spiro atoms. The molecule has 0 N–H and O–H groups in total. The molecule has 16 heavy (non-hydrogen) atoms. The van der Waals surface area contributed by atoms with Crippen molar-refractivity contribution in [2.45, 2.75) is 11.4 Å². The van der Waals surface area contributed by atoms with Crippen LogP contribution in [0.4, 0.5) is 8.78 Å². The van der Waals surface area contributed by atoms with Crippen molar-refractivity contribution < 1.29 is 18.3 Å². The third-order valence-corrected chi connectivity index (χ3v) is 1.90. The largest absolute Gasteiger partial charge is 0.458 e. The van der Waals surface area contributed by atoms with Crippen molar-refractivity contribution >= 4 is 21.9 Å². The Morgan fingerprint density at radius 2 is 2.00 bits per heavy atom. The van der Waals surface area contributed by atoms with E-state index in [1.807, 2.05) is 6.07 Å². The summed E-state index contributed by atoms with van der Waals surface area (Å²) in [7, 11) is 0. The number of carbonyl (C=O) groups excluding carboxylic acids is 1. The number of ether oxygens (including phenoxy) is 1. The summed E-state index contributed by atoms with van der Waals surface area (Å²) >= 11 is 2.08. The Labute approximate surface area is 100 Å². The maximum absolute atomic E-state index is 12.3. The van der Waals surface area contributed by atoms with Gasteiger partial charge >= 0.3 is 10.8 Å². The lowest BCUT2D eigenvalue weighted by molar-refractivity contribution is -0.139. The molecule has 0 saturated heterocycles. The lowest BCUT2D eigenvalue weighted by Crippen LogP contribution is -2.04. The number of carbonyl (C=O) groups is 1. The van der Waals surface area contributed by atoms with Gasteiger partial charge in [0.25, 0.3) is 0 Å². The molecule has 0 unspecified atom stereocenters. The lowest BCUT2D eigenvalue weighted by atomic mass is 10.2. The highest BCUT2D eigenvalue weighted by atomic mass is 79.9. The summed E-state index contributed by atoms with van der Waals surface area (Å²) in [5.41, 5.74) is 0.801. The minimum absolute atomic E-state index is 0.0673. The van der Waals surface area contributed by atoms with Gasteiger partial charge in [0, 0.05) is 12.2 Å². The highest BCUT2D eigenvalue weighted by Crippen LogP contribution is 2.22. The predicted molar refractivity (Wildman–Crippen MR) is 59.3 cm³/mol. The minimum atomic E-state index is -3.18. The van der Waals surface area contributed by atoms with Gasteiger partial charge in [-0.25, -0.2) is 4.79 Å². The smallest absolute Gasteiger partial charge is 0.331 e. The molecule has 0 radical (unpaired) electrons. The van der Waals surface area contributed by atoms with Gasteiger partial charge in [-0.05, 0) is 21.5 Å². The summed E-state index contributed by atoms with van der Waals surface area (Å²) in [5.74, 6) is -0.803. The van der Waals surface area contributed by atoms with E-state index in [4.69, 9.17) is 4.74 Å². The lowest BCUT2D eigenvalue weighted by Gasteiger charge is -2.02. The number of hydrogen-bond acceptors (Lipinski definition) is 2. The number of alkyl halides is 3. The fourth-order valence-corrected chi connectivity index (χ4v) is 1.07. The monoisotopic (exact) mass is 290 g/mol. The number of rotatable bonds is 4. The van der Waals surface area contributed by atoms with Crippen LogP contribution >= 0.6 is 15.9 Å². The average molecular weight is 291 g/mol. The van der Waals surface area contributed by atoms with Crippen LogP contribution in [0.2, 0.25) is 0 Å². The van der Waals surface area contributed by atoms with Gasteiger partial charge in [0.05, 0.1) is 0 Å². The molecular weight excluding hydrogens is 282 g/mol. The Kier molecular flexibility index (Phi) is 4.61. The molecule has 0 bridgehead atoms. The van der Waals surface area contributed by atoms with Crippen LogP contribution in [-0.4, -0.2) is 10.8 Å². The molecule has 0 heterocycles. The molecule has 1 aromatic carbocycles. The molecule has 0 fully saturated rings. The first kappa shape index (κ1) is 12.8. The normalized spacial score (nSPS) is 11.7. The first-order valence-electron chi connectivity index (χ1n) is 4.44. The first-order valence-corrected chi connectivity index (χ1v) is 5.23. The topological polar surface area (TPSA) is 26.3 Å². The van der Waals surface area contributed by atoms with Crippen LogP contribution in [0.15, 0.2) is 42.5 Å². The Balaban J connectivity index is 2.40. The summed E-state index contributed by atoms with van der Waals surface area (Å²) in [6.45, 7) is 0.0673. The molecule has 0 atom stereocenters. The minimum Gasteiger partial charge on any atom is -0.458 e. The Bertz CT molecular complexity index is 371. The molecular formula is C11H9BrF2O2. The van der Waals surface area contributed by atoms with Gasteiger partial charge in [-0.3, -0.25) is 0 Å². The molecule has 1 rings (SSSR count). The third-order valence-electron chi connectivity index (χ3n) is 1.63. The van der Waals surface area contributed by atoms with Crippen molar-refractivity contribution in [3.05, 3.63) is 48.0 Å². The zero-order valence-electron chi connectivity index (χ0n) is 8.20. The van der Waals surface area contributed by atoms with Gasteiger partial charge in [-0.1, -0.05) is 30.3 Å². The Morgan fingerprint density at radius 3 is 2.56 bits per heavy atom. The molecule has 0 aliphatic carbocycles. The first-order chi connectivity index (χ1) is 7.47. The second kappa shape index (κ2) is 5.75. The van der Waals surface area contributed by atoms with Crippen molar-refractivity contribution in [2.24, 2.45) is 0 Å². The molecule has 0 amide bonds. The van der Waals surface area contributed by atoms with Gasteiger partial charge < -0.3 is 4.74 Å². The van der Waals surface area contributed by atoms with Gasteiger partial charge in [0.1, 0.15) is 6.61 Å². The molecule has 0 aliphatic heterocycles. The Morgan fingerprint density at radius 1 is 1.38 bits per heavy atom. The summed E-state index contributed by atoms with van der Waals surface area (Å²) < 4.78 is 29.3. The van der Waals surface area contributed by atoms with Crippen molar-refractivity contribution in [3.63, 3.8) is 0 Å². The maximum atomic E-state index is 12.3. The zero-order chi connectivity index (χ0) is 12.0. The van der Waals surface area contributed by atoms with E-state index in [2.05, 4.69) is 15.9 Å². The number of halogens is 3. The van der Waals surface area contributed by atoms with Gasteiger partial charge in [-0.2, -0.15) is 8.78 Å². The van der Waals surface area contributed by atoms with E-state index in [0.717, 1.165) is 5.56 Å². The average Bonchev–Trinajstić information content (AvgIpc) is 2.24. The fraction of sp³-hybridized carbons (Fsp3) is 0.182. The molecule has 0 aromatic heterocycles. The van der Waals surface area contributed by atoms with E-state index in [1.165, 1.54) is 0 Å². The second-order valence-electron chi connectivity index (χ2n) is 2.97. The maximum Gasteiger partial charge on any atom is 0.331 e. The number of allylic oxidation sites excluding steroid dienone is 1. The van der Waals surface area contributed by atoms with Crippen LogP contribution < -0.4 is 0 Å². The van der Waals surface area contributed by atoms with Crippen LogP contribution in [-0.2, 0) is 16.1 Å². The van der Waals surface area contributed by atoms with E-state index < -0.39 is 10.8 Å². The van der Waals surface area contributed by atoms with Crippen molar-refractivity contribution in [3.8, 4) is 0 Å². The number of esters is 1. The molecule has 1 aromatic rings. The summed E-state index contributed by atoms with van der Waals surface area (Å²) in [6, 6.07) is 8.97. The van der Waals surface area contributed by atoms with E-state index in [0.29, 0.717) is 12.2 Å². The quantitative estimate of drug-likeness (QED) is 0.483. The third kappa shape index (κ3) is 5.60. The van der Waals surface area contributed by atoms with Crippen molar-refractivity contribution in [2.75, 3.05) is 0 Å². The predicted octanol–water partition coefficient (Wildman–Crippen LogP) is 3.27. The van der Waals surface area contributed by atoms with Crippen LogP contribution in [0.1, 0.15) is 5.56 Å². The highest BCUT2D eigenvalue weighted by Gasteiger charge is 2.19. The number of benzene rings is 1. The second-order valence-corrected chi connectivity index (χ2v) is 4.03. The van der Waals surface area contributed by atoms with Crippen molar-refractivity contribution in [1.29, 1.82) is 0 Å². The standard InChI is InChI=1S/C11H9BrF2O2/c12-11(13,14)7-6-10(15)16-8-9-4-2-1-3-5-9/h1-7H,8H2/b7-6+. The van der Waals surface area contributed by atoms with Crippen LogP contribution in [0.25, 0.3) is 0 Å². The van der Waals surface area contributed by atoms with E-state index in [1.54, 1.807) is 24.3 Å². The molecule has 0 saturated carbocycles. The van der Waals surface area contributed by atoms with Gasteiger partial charge in [0.2, 0.25) is 0 Å². The highest BCUT2D eigenvalue weighted by molar-refractivity contribution is 9.10. The molecule has 2 nitrogen and oxygen atoms in total. The number of hydrogen-bond donors (Lipinski definition) is 0. The van der Waals surface area contributed by atoms with Crippen molar-refractivity contribution in [1.82, 2.24) is 0 Å². The summed E-state index contributed by atoms with van der Waals surface area (Å²) in [4.78, 5) is 7.82. The van der Waals surface area contributed by atoms with Crippen LogP contribution in [0, 0.1) is 0 Å².